The van der Waals surface area contributed by atoms with Gasteiger partial charge in [-0.05, 0) is 41.7 Å². The maximum atomic E-state index is 8.60. The molecule has 0 unspecified atom stereocenters. The van der Waals surface area contributed by atoms with Crippen LogP contribution in [0.15, 0.2) is 24.3 Å². The number of rotatable bonds is 1. The van der Waals surface area contributed by atoms with Crippen LogP contribution in [0.1, 0.15) is 17.5 Å². The number of ether oxygens (including phenoxy) is 1. The first kappa shape index (κ1) is 8.83. The molecular formula is C12H11NO. The predicted octanol–water partition coefficient (Wildman–Crippen LogP) is 2.55. The molecule has 0 radical (unpaired) electrons. The maximum Gasteiger partial charge on any atom is 0.119 e. The summed E-state index contributed by atoms with van der Waals surface area (Å²) >= 11 is 0. The van der Waals surface area contributed by atoms with E-state index in [9.17, 15) is 0 Å². The monoisotopic (exact) mass is 185 g/mol. The molecule has 0 aromatic heterocycles. The second kappa shape index (κ2) is 3.55. The van der Waals surface area contributed by atoms with E-state index in [0.717, 1.165) is 24.2 Å². The molecule has 0 bridgehead atoms. The first-order valence-corrected chi connectivity index (χ1v) is 4.61. The largest absolute Gasteiger partial charge is 0.497 e. The third-order valence-electron chi connectivity index (χ3n) is 2.56. The quantitative estimate of drug-likeness (QED) is 0.630. The molecule has 1 aliphatic carbocycles. The van der Waals surface area contributed by atoms with Crippen molar-refractivity contribution in [3.05, 3.63) is 35.4 Å². The van der Waals surface area contributed by atoms with Gasteiger partial charge in [-0.3, -0.25) is 0 Å². The highest BCUT2D eigenvalue weighted by Gasteiger charge is 2.16. The zero-order chi connectivity index (χ0) is 9.97. The van der Waals surface area contributed by atoms with Crippen molar-refractivity contribution in [2.45, 2.75) is 12.8 Å². The Morgan fingerprint density at radius 1 is 1.43 bits per heavy atom. The van der Waals surface area contributed by atoms with Crippen molar-refractivity contribution in [2.24, 2.45) is 0 Å². The molecule has 0 spiro atoms. The highest BCUT2D eigenvalue weighted by Crippen LogP contribution is 2.33. The molecule has 0 heterocycles. The number of benzene rings is 1. The fourth-order valence-corrected chi connectivity index (χ4v) is 1.85. The minimum atomic E-state index is 0.891. The highest BCUT2D eigenvalue weighted by molar-refractivity contribution is 5.74. The molecular weight excluding hydrogens is 174 g/mol. The molecule has 1 aromatic rings. The summed E-state index contributed by atoms with van der Waals surface area (Å²) in [5.74, 6) is 0.891. The van der Waals surface area contributed by atoms with Crippen LogP contribution < -0.4 is 4.74 Å². The Bertz CT molecular complexity index is 426. The van der Waals surface area contributed by atoms with E-state index in [0.29, 0.717) is 0 Å². The van der Waals surface area contributed by atoms with Gasteiger partial charge in [-0.15, -0.1) is 0 Å². The van der Waals surface area contributed by atoms with Crippen molar-refractivity contribution in [1.82, 2.24) is 0 Å². The van der Waals surface area contributed by atoms with Gasteiger partial charge < -0.3 is 4.74 Å². The van der Waals surface area contributed by atoms with E-state index in [1.54, 1.807) is 13.2 Å². The van der Waals surface area contributed by atoms with Crippen molar-refractivity contribution in [2.75, 3.05) is 7.11 Å². The molecule has 0 amide bonds. The number of hydrogen-bond acceptors (Lipinski definition) is 2. The Morgan fingerprint density at radius 2 is 2.29 bits per heavy atom. The van der Waals surface area contributed by atoms with Crippen LogP contribution in [0.5, 0.6) is 5.75 Å². The number of allylic oxidation sites excluding steroid dienone is 2. The van der Waals surface area contributed by atoms with Gasteiger partial charge in [0.25, 0.3) is 0 Å². The van der Waals surface area contributed by atoms with Gasteiger partial charge in [0, 0.05) is 6.08 Å². The zero-order valence-electron chi connectivity index (χ0n) is 8.08. The minimum Gasteiger partial charge on any atom is -0.497 e. The van der Waals surface area contributed by atoms with Gasteiger partial charge in [0.15, 0.2) is 0 Å². The molecule has 2 heteroatoms. The average molecular weight is 185 g/mol. The molecule has 0 N–H and O–H groups in total. The SMILES string of the molecule is COc1ccc2c(c1)CCC2=CC#N. The summed E-state index contributed by atoms with van der Waals surface area (Å²) in [5, 5.41) is 8.60. The van der Waals surface area contributed by atoms with E-state index in [-0.39, 0.29) is 0 Å². The molecule has 2 nitrogen and oxygen atoms in total. The predicted molar refractivity (Wildman–Crippen MR) is 54.9 cm³/mol. The fourth-order valence-electron chi connectivity index (χ4n) is 1.85. The van der Waals surface area contributed by atoms with Crippen LogP contribution >= 0.6 is 0 Å². The molecule has 0 atom stereocenters. The maximum absolute atomic E-state index is 8.60. The van der Waals surface area contributed by atoms with Gasteiger partial charge in [0.1, 0.15) is 5.75 Å². The van der Waals surface area contributed by atoms with Crippen molar-refractivity contribution in [1.29, 1.82) is 5.26 Å². The van der Waals surface area contributed by atoms with E-state index < -0.39 is 0 Å². The lowest BCUT2D eigenvalue weighted by Gasteiger charge is -2.03. The Kier molecular flexibility index (Phi) is 2.24. The van der Waals surface area contributed by atoms with Gasteiger partial charge in [-0.25, -0.2) is 0 Å². The second-order valence-corrected chi connectivity index (χ2v) is 3.32. The highest BCUT2D eigenvalue weighted by atomic mass is 16.5. The van der Waals surface area contributed by atoms with Gasteiger partial charge in [0.2, 0.25) is 0 Å². The van der Waals surface area contributed by atoms with Crippen LogP contribution in [0, 0.1) is 11.3 Å². The standard InChI is InChI=1S/C12H11NO/c1-14-11-4-5-12-9(6-7-13)2-3-10(12)8-11/h4-6,8H,2-3H2,1H3. The number of fused-ring (bicyclic) bond motifs is 1. The van der Waals surface area contributed by atoms with E-state index in [1.807, 2.05) is 18.2 Å². The Hall–Kier alpha value is -1.75. The minimum absolute atomic E-state index is 0.891. The molecule has 1 aliphatic rings. The zero-order valence-corrected chi connectivity index (χ0v) is 8.08. The first-order valence-electron chi connectivity index (χ1n) is 4.61. The van der Waals surface area contributed by atoms with Crippen LogP contribution in [0.2, 0.25) is 0 Å². The van der Waals surface area contributed by atoms with E-state index in [4.69, 9.17) is 10.00 Å². The van der Waals surface area contributed by atoms with E-state index in [2.05, 4.69) is 6.07 Å². The lowest BCUT2D eigenvalue weighted by Crippen LogP contribution is -1.86. The van der Waals surface area contributed by atoms with Gasteiger partial charge in [-0.2, -0.15) is 5.26 Å². The number of nitrogens with zero attached hydrogens (tertiary/aromatic N) is 1. The van der Waals surface area contributed by atoms with E-state index >= 15 is 0 Å². The summed E-state index contributed by atoms with van der Waals surface area (Å²) in [7, 11) is 1.67. The fraction of sp³-hybridized carbons (Fsp3) is 0.250. The molecule has 2 rings (SSSR count). The van der Waals surface area contributed by atoms with Crippen molar-refractivity contribution < 1.29 is 4.74 Å². The van der Waals surface area contributed by atoms with Crippen LogP contribution in [-0.2, 0) is 6.42 Å². The molecule has 0 saturated carbocycles. The smallest absolute Gasteiger partial charge is 0.119 e. The molecule has 1 aromatic carbocycles. The van der Waals surface area contributed by atoms with Gasteiger partial charge in [0.05, 0.1) is 13.2 Å². The first-order chi connectivity index (χ1) is 6.85. The summed E-state index contributed by atoms with van der Waals surface area (Å²) in [6, 6.07) is 8.11. The van der Waals surface area contributed by atoms with Crippen LogP contribution in [-0.4, -0.2) is 7.11 Å². The lowest BCUT2D eigenvalue weighted by molar-refractivity contribution is 0.414. The lowest BCUT2D eigenvalue weighted by atomic mass is 10.1. The summed E-state index contributed by atoms with van der Waals surface area (Å²) < 4.78 is 5.15. The normalized spacial score (nSPS) is 16.4. The van der Waals surface area contributed by atoms with Crippen molar-refractivity contribution in [3.8, 4) is 11.8 Å². The number of aryl methyl sites for hydroxylation is 1. The van der Waals surface area contributed by atoms with Gasteiger partial charge >= 0.3 is 0 Å². The Balaban J connectivity index is 2.44. The molecule has 0 saturated heterocycles. The van der Waals surface area contributed by atoms with Crippen molar-refractivity contribution in [3.63, 3.8) is 0 Å². The molecule has 0 aliphatic heterocycles. The second-order valence-electron chi connectivity index (χ2n) is 3.32. The van der Waals surface area contributed by atoms with Crippen LogP contribution in [0.3, 0.4) is 0 Å². The van der Waals surface area contributed by atoms with Crippen LogP contribution in [0.4, 0.5) is 0 Å². The summed E-state index contributed by atoms with van der Waals surface area (Å²) in [4.78, 5) is 0. The van der Waals surface area contributed by atoms with Gasteiger partial charge in [-0.1, -0.05) is 6.07 Å². The third kappa shape index (κ3) is 1.38. The van der Waals surface area contributed by atoms with Crippen molar-refractivity contribution >= 4 is 5.57 Å². The molecule has 14 heavy (non-hydrogen) atoms. The van der Waals surface area contributed by atoms with Crippen LogP contribution in [0.25, 0.3) is 5.57 Å². The third-order valence-corrected chi connectivity index (χ3v) is 2.56. The summed E-state index contributed by atoms with van der Waals surface area (Å²) in [6.45, 7) is 0. The number of hydrogen-bond donors (Lipinski definition) is 0. The average Bonchev–Trinajstić information content (AvgIpc) is 2.61. The molecule has 0 fully saturated rings. The number of methoxy groups -OCH3 is 1. The topological polar surface area (TPSA) is 33.0 Å². The van der Waals surface area contributed by atoms with E-state index in [1.165, 1.54) is 11.1 Å². The molecule has 70 valence electrons. The summed E-state index contributed by atoms with van der Waals surface area (Å²) in [6.07, 6.45) is 3.62. The number of nitriles is 1. The Morgan fingerprint density at radius 3 is 3.00 bits per heavy atom. The Labute approximate surface area is 83.4 Å². The summed E-state index contributed by atoms with van der Waals surface area (Å²) in [5.41, 5.74) is 3.63.